The van der Waals surface area contributed by atoms with Gasteiger partial charge in [0.1, 0.15) is 11.8 Å². The van der Waals surface area contributed by atoms with Gasteiger partial charge in [-0.1, -0.05) is 27.7 Å². The molecular formula is C14H29NO4. The van der Waals surface area contributed by atoms with Gasteiger partial charge in [-0.25, -0.2) is 4.79 Å². The van der Waals surface area contributed by atoms with E-state index in [2.05, 4.69) is 0 Å². The Hall–Kier alpha value is -0.810. The van der Waals surface area contributed by atoms with Crippen molar-refractivity contribution in [1.29, 1.82) is 0 Å². The van der Waals surface area contributed by atoms with E-state index in [0.717, 1.165) is 0 Å². The summed E-state index contributed by atoms with van der Waals surface area (Å²) in [6.45, 7) is 14.1. The molecule has 0 aromatic rings. The van der Waals surface area contributed by atoms with Crippen molar-refractivity contribution >= 4 is 6.16 Å². The van der Waals surface area contributed by atoms with Crippen LogP contribution in [0.4, 0.5) is 4.79 Å². The second-order valence-corrected chi connectivity index (χ2v) is 6.47. The summed E-state index contributed by atoms with van der Waals surface area (Å²) < 4.78 is 15.9. The summed E-state index contributed by atoms with van der Waals surface area (Å²) in [7, 11) is 0. The fourth-order valence-electron chi connectivity index (χ4n) is 1.12. The minimum Gasteiger partial charge on any atom is -0.434 e. The summed E-state index contributed by atoms with van der Waals surface area (Å²) in [6, 6.07) is 0. The molecule has 0 aliphatic rings. The van der Waals surface area contributed by atoms with Crippen molar-refractivity contribution in [2.24, 2.45) is 17.1 Å². The standard InChI is InChI=1S/C14H29NO4/c1-10(2)8-17-12(16)19-14(6,7)13(4,5)9-18-11(3)15/h10-11H,8-9,15H2,1-7H3. The maximum atomic E-state index is 11.6. The van der Waals surface area contributed by atoms with Crippen molar-refractivity contribution in [1.82, 2.24) is 0 Å². The third kappa shape index (κ3) is 6.78. The van der Waals surface area contributed by atoms with Crippen LogP contribution in [-0.2, 0) is 14.2 Å². The van der Waals surface area contributed by atoms with E-state index < -0.39 is 11.8 Å². The Morgan fingerprint density at radius 2 is 1.68 bits per heavy atom. The SMILES string of the molecule is CC(C)COC(=O)OC(C)(C)C(C)(C)COC(C)N. The average Bonchev–Trinajstić information content (AvgIpc) is 2.23. The molecular weight excluding hydrogens is 246 g/mol. The Morgan fingerprint density at radius 3 is 2.11 bits per heavy atom. The maximum absolute atomic E-state index is 11.6. The van der Waals surface area contributed by atoms with Gasteiger partial charge in [0.15, 0.2) is 0 Å². The molecule has 0 fully saturated rings. The second kappa shape index (κ2) is 7.10. The lowest BCUT2D eigenvalue weighted by atomic mass is 9.78. The lowest BCUT2D eigenvalue weighted by Crippen LogP contribution is -2.47. The van der Waals surface area contributed by atoms with Gasteiger partial charge in [-0.2, -0.15) is 0 Å². The van der Waals surface area contributed by atoms with E-state index in [1.807, 2.05) is 41.5 Å². The van der Waals surface area contributed by atoms with Crippen LogP contribution in [0.25, 0.3) is 0 Å². The first-order valence-corrected chi connectivity index (χ1v) is 6.71. The maximum Gasteiger partial charge on any atom is 0.508 e. The zero-order chi connectivity index (χ0) is 15.3. The van der Waals surface area contributed by atoms with E-state index in [0.29, 0.717) is 13.2 Å². The molecule has 2 N–H and O–H groups in total. The molecule has 0 saturated carbocycles. The molecule has 5 nitrogen and oxygen atoms in total. The highest BCUT2D eigenvalue weighted by molar-refractivity contribution is 5.60. The van der Waals surface area contributed by atoms with Crippen molar-refractivity contribution in [3.63, 3.8) is 0 Å². The average molecular weight is 275 g/mol. The summed E-state index contributed by atoms with van der Waals surface area (Å²) in [5.74, 6) is 0.282. The fraction of sp³-hybridized carbons (Fsp3) is 0.929. The molecule has 0 bridgehead atoms. The first-order chi connectivity index (χ1) is 8.48. The van der Waals surface area contributed by atoms with Crippen LogP contribution in [0.1, 0.15) is 48.5 Å². The lowest BCUT2D eigenvalue weighted by Gasteiger charge is -2.40. The van der Waals surface area contributed by atoms with Crippen LogP contribution >= 0.6 is 0 Å². The van der Waals surface area contributed by atoms with Gasteiger partial charge in [-0.05, 0) is 26.7 Å². The van der Waals surface area contributed by atoms with Crippen molar-refractivity contribution in [3.8, 4) is 0 Å². The predicted molar refractivity (Wildman–Crippen MR) is 74.7 cm³/mol. The van der Waals surface area contributed by atoms with Gasteiger partial charge in [0, 0.05) is 5.41 Å². The summed E-state index contributed by atoms with van der Waals surface area (Å²) in [6.07, 6.45) is -0.990. The molecule has 0 aromatic carbocycles. The largest absolute Gasteiger partial charge is 0.508 e. The highest BCUT2D eigenvalue weighted by atomic mass is 16.7. The van der Waals surface area contributed by atoms with Crippen LogP contribution in [0, 0.1) is 11.3 Å². The molecule has 0 aliphatic carbocycles. The zero-order valence-electron chi connectivity index (χ0n) is 13.3. The first-order valence-electron chi connectivity index (χ1n) is 6.71. The molecule has 5 heteroatoms. The summed E-state index contributed by atoms with van der Waals surface area (Å²) >= 11 is 0. The van der Waals surface area contributed by atoms with E-state index in [4.69, 9.17) is 19.9 Å². The summed E-state index contributed by atoms with van der Waals surface area (Å²) in [4.78, 5) is 11.6. The minimum absolute atomic E-state index is 0.282. The Labute approximate surface area is 116 Å². The van der Waals surface area contributed by atoms with E-state index in [9.17, 15) is 4.79 Å². The Kier molecular flexibility index (Phi) is 6.80. The van der Waals surface area contributed by atoms with Crippen LogP contribution in [0.5, 0.6) is 0 Å². The first kappa shape index (κ1) is 18.2. The van der Waals surface area contributed by atoms with Gasteiger partial charge in [-0.15, -0.1) is 0 Å². The highest BCUT2D eigenvalue weighted by Gasteiger charge is 2.41. The monoisotopic (exact) mass is 275 g/mol. The van der Waals surface area contributed by atoms with Crippen LogP contribution in [0.15, 0.2) is 0 Å². The quantitative estimate of drug-likeness (QED) is 0.571. The highest BCUT2D eigenvalue weighted by Crippen LogP contribution is 2.34. The summed E-state index contributed by atoms with van der Waals surface area (Å²) in [5, 5.41) is 0. The third-order valence-corrected chi connectivity index (χ3v) is 3.21. The molecule has 1 unspecified atom stereocenters. The number of nitrogens with two attached hydrogens (primary N) is 1. The molecule has 1 atom stereocenters. The van der Waals surface area contributed by atoms with Crippen LogP contribution in [-0.4, -0.2) is 31.2 Å². The molecule has 114 valence electrons. The Bertz CT molecular complexity index is 285. The minimum atomic E-state index is -0.712. The van der Waals surface area contributed by atoms with E-state index >= 15 is 0 Å². The van der Waals surface area contributed by atoms with Gasteiger partial charge >= 0.3 is 6.16 Å². The third-order valence-electron chi connectivity index (χ3n) is 3.21. The molecule has 0 rings (SSSR count). The number of carbonyl (C=O) groups excluding carboxylic acids is 1. The molecule has 0 saturated heterocycles. The van der Waals surface area contributed by atoms with Crippen LogP contribution in [0.3, 0.4) is 0 Å². The molecule has 19 heavy (non-hydrogen) atoms. The predicted octanol–water partition coefficient (Wildman–Crippen LogP) is 2.92. The molecule has 0 radical (unpaired) electrons. The number of hydrogen-bond donors (Lipinski definition) is 1. The topological polar surface area (TPSA) is 70.8 Å². The molecule has 0 aromatic heterocycles. The molecule has 0 heterocycles. The van der Waals surface area contributed by atoms with Crippen molar-refractivity contribution < 1.29 is 19.0 Å². The smallest absolute Gasteiger partial charge is 0.434 e. The van der Waals surface area contributed by atoms with Gasteiger partial charge < -0.3 is 19.9 Å². The lowest BCUT2D eigenvalue weighted by molar-refractivity contribution is -0.115. The number of hydrogen-bond acceptors (Lipinski definition) is 5. The van der Waals surface area contributed by atoms with Gasteiger partial charge in [0.25, 0.3) is 0 Å². The van der Waals surface area contributed by atoms with E-state index in [-0.39, 0.29) is 17.6 Å². The van der Waals surface area contributed by atoms with E-state index in [1.165, 1.54) is 0 Å². The second-order valence-electron chi connectivity index (χ2n) is 6.47. The van der Waals surface area contributed by atoms with Crippen molar-refractivity contribution in [3.05, 3.63) is 0 Å². The van der Waals surface area contributed by atoms with Gasteiger partial charge in [0.2, 0.25) is 0 Å². The number of ether oxygens (including phenoxy) is 3. The number of rotatable bonds is 7. The van der Waals surface area contributed by atoms with E-state index in [1.54, 1.807) is 6.92 Å². The van der Waals surface area contributed by atoms with Gasteiger partial charge in [-0.3, -0.25) is 0 Å². The normalized spacial score (nSPS) is 14.4. The van der Waals surface area contributed by atoms with Crippen molar-refractivity contribution in [2.75, 3.05) is 13.2 Å². The zero-order valence-corrected chi connectivity index (χ0v) is 13.3. The Morgan fingerprint density at radius 1 is 1.16 bits per heavy atom. The van der Waals surface area contributed by atoms with Gasteiger partial charge in [0.05, 0.1) is 13.2 Å². The number of carbonyl (C=O) groups is 1. The fourth-order valence-corrected chi connectivity index (χ4v) is 1.12. The molecule has 0 amide bonds. The Balaban J connectivity index is 4.45. The molecule has 0 aliphatic heterocycles. The van der Waals surface area contributed by atoms with Crippen LogP contribution < -0.4 is 5.73 Å². The van der Waals surface area contributed by atoms with Crippen LogP contribution in [0.2, 0.25) is 0 Å². The summed E-state index contributed by atoms with van der Waals surface area (Å²) in [5.41, 5.74) is 4.48. The molecule has 0 spiro atoms. The van der Waals surface area contributed by atoms with Crippen molar-refractivity contribution in [2.45, 2.75) is 60.3 Å².